The smallest absolute Gasteiger partial charge is 0.123 e. The maximum atomic E-state index is 13.4. The Balaban J connectivity index is 2.19. The molecule has 2 aromatic rings. The lowest BCUT2D eigenvalue weighted by Crippen LogP contribution is -2.35. The van der Waals surface area contributed by atoms with Gasteiger partial charge in [-0.3, -0.25) is 0 Å². The van der Waals surface area contributed by atoms with Crippen molar-refractivity contribution >= 4 is 11.6 Å². The van der Waals surface area contributed by atoms with Gasteiger partial charge in [0.25, 0.3) is 0 Å². The number of rotatable bonds is 1. The fraction of sp³-hybridized carbons (Fsp3) is 0.200. The van der Waals surface area contributed by atoms with Crippen LogP contribution in [0.1, 0.15) is 23.1 Å². The van der Waals surface area contributed by atoms with Gasteiger partial charge in [0.1, 0.15) is 11.6 Å². The molecular weight excluding hydrogens is 268 g/mol. The van der Waals surface area contributed by atoms with Crippen LogP contribution < -0.4 is 5.73 Å². The number of benzene rings is 2. The van der Waals surface area contributed by atoms with Crippen LogP contribution in [0.25, 0.3) is 0 Å². The van der Waals surface area contributed by atoms with E-state index >= 15 is 0 Å². The molecule has 0 saturated carbocycles. The van der Waals surface area contributed by atoms with Gasteiger partial charge in [-0.25, -0.2) is 8.78 Å². The summed E-state index contributed by atoms with van der Waals surface area (Å²) in [5.74, 6) is -0.659. The molecule has 98 valence electrons. The third kappa shape index (κ3) is 1.94. The summed E-state index contributed by atoms with van der Waals surface area (Å²) in [7, 11) is 0. The predicted octanol–water partition coefficient (Wildman–Crippen LogP) is 3.77. The molecular formula is C15H12ClF2N. The molecule has 1 aliphatic carbocycles. The Morgan fingerprint density at radius 1 is 1.00 bits per heavy atom. The lowest BCUT2D eigenvalue weighted by Gasteiger charge is -2.27. The minimum atomic E-state index is -0.845. The fourth-order valence-electron chi connectivity index (χ4n) is 2.79. The molecule has 0 spiro atoms. The number of fused-ring (bicyclic) bond motifs is 1. The van der Waals surface area contributed by atoms with Gasteiger partial charge in [0, 0.05) is 5.02 Å². The molecule has 0 amide bonds. The van der Waals surface area contributed by atoms with Crippen molar-refractivity contribution in [3.8, 4) is 0 Å². The van der Waals surface area contributed by atoms with Crippen molar-refractivity contribution in [1.82, 2.24) is 0 Å². The lowest BCUT2D eigenvalue weighted by atomic mass is 9.85. The second-order valence-electron chi connectivity index (χ2n) is 4.90. The summed E-state index contributed by atoms with van der Waals surface area (Å²) in [6.45, 7) is 0. The van der Waals surface area contributed by atoms with Crippen LogP contribution in [-0.2, 0) is 12.0 Å². The van der Waals surface area contributed by atoms with Gasteiger partial charge in [0.15, 0.2) is 0 Å². The Bertz CT molecular complexity index is 657. The van der Waals surface area contributed by atoms with Gasteiger partial charge < -0.3 is 5.73 Å². The van der Waals surface area contributed by atoms with Gasteiger partial charge in [-0.2, -0.15) is 0 Å². The highest BCUT2D eigenvalue weighted by atomic mass is 35.5. The zero-order valence-electron chi connectivity index (χ0n) is 10.1. The van der Waals surface area contributed by atoms with Crippen molar-refractivity contribution in [1.29, 1.82) is 0 Å². The van der Waals surface area contributed by atoms with Crippen molar-refractivity contribution in [2.45, 2.75) is 18.4 Å². The van der Waals surface area contributed by atoms with E-state index in [1.165, 1.54) is 30.3 Å². The Hall–Kier alpha value is -1.45. The Morgan fingerprint density at radius 2 is 1.68 bits per heavy atom. The van der Waals surface area contributed by atoms with Gasteiger partial charge in [-0.05, 0) is 59.9 Å². The van der Waals surface area contributed by atoms with Gasteiger partial charge in [-0.15, -0.1) is 0 Å². The molecule has 2 aromatic carbocycles. The summed E-state index contributed by atoms with van der Waals surface area (Å²) >= 11 is 6.14. The topological polar surface area (TPSA) is 26.0 Å². The first-order valence-corrected chi connectivity index (χ1v) is 6.42. The van der Waals surface area contributed by atoms with E-state index in [2.05, 4.69) is 0 Å². The minimum absolute atomic E-state index is 0.284. The molecule has 4 heteroatoms. The van der Waals surface area contributed by atoms with Crippen LogP contribution >= 0.6 is 11.6 Å². The van der Waals surface area contributed by atoms with E-state index in [-0.39, 0.29) is 11.6 Å². The minimum Gasteiger partial charge on any atom is -0.318 e. The molecule has 1 nitrogen and oxygen atoms in total. The number of hydrogen-bond donors (Lipinski definition) is 1. The SMILES string of the molecule is NC1(c2cc(F)ccc2Cl)CCc2cc(F)ccc21. The molecule has 0 fully saturated rings. The average molecular weight is 280 g/mol. The molecule has 0 aliphatic heterocycles. The molecule has 1 atom stereocenters. The molecule has 1 aliphatic rings. The van der Waals surface area contributed by atoms with E-state index in [0.29, 0.717) is 23.4 Å². The highest BCUT2D eigenvalue weighted by molar-refractivity contribution is 6.31. The highest BCUT2D eigenvalue weighted by Gasteiger charge is 2.38. The van der Waals surface area contributed by atoms with Gasteiger partial charge >= 0.3 is 0 Å². The van der Waals surface area contributed by atoms with E-state index in [9.17, 15) is 8.78 Å². The third-order valence-corrected chi connectivity index (χ3v) is 4.08. The molecule has 2 N–H and O–H groups in total. The van der Waals surface area contributed by atoms with E-state index in [1.54, 1.807) is 6.07 Å². The molecule has 19 heavy (non-hydrogen) atoms. The molecule has 0 aromatic heterocycles. The highest BCUT2D eigenvalue weighted by Crippen LogP contribution is 2.42. The number of nitrogens with two attached hydrogens (primary N) is 1. The van der Waals surface area contributed by atoms with E-state index in [1.807, 2.05) is 0 Å². The number of hydrogen-bond acceptors (Lipinski definition) is 1. The van der Waals surface area contributed by atoms with Gasteiger partial charge in [0.05, 0.1) is 5.54 Å². The Labute approximate surface area is 115 Å². The van der Waals surface area contributed by atoms with Crippen LogP contribution in [0.5, 0.6) is 0 Å². The molecule has 0 radical (unpaired) electrons. The van der Waals surface area contributed by atoms with Crippen molar-refractivity contribution in [2.75, 3.05) is 0 Å². The monoisotopic (exact) mass is 279 g/mol. The second-order valence-corrected chi connectivity index (χ2v) is 5.30. The second kappa shape index (κ2) is 4.29. The van der Waals surface area contributed by atoms with Crippen LogP contribution in [0, 0.1) is 11.6 Å². The molecule has 0 saturated heterocycles. The van der Waals surface area contributed by atoms with Crippen molar-refractivity contribution in [3.05, 3.63) is 69.7 Å². The van der Waals surface area contributed by atoms with Crippen LogP contribution in [0.3, 0.4) is 0 Å². The number of halogens is 3. The van der Waals surface area contributed by atoms with Crippen LogP contribution in [0.2, 0.25) is 5.02 Å². The average Bonchev–Trinajstić information content (AvgIpc) is 2.70. The maximum Gasteiger partial charge on any atom is 0.123 e. The molecule has 1 unspecified atom stereocenters. The first-order valence-electron chi connectivity index (χ1n) is 6.04. The maximum absolute atomic E-state index is 13.4. The van der Waals surface area contributed by atoms with Gasteiger partial charge in [0.2, 0.25) is 0 Å². The van der Waals surface area contributed by atoms with Crippen LogP contribution in [0.15, 0.2) is 36.4 Å². The van der Waals surface area contributed by atoms with E-state index in [4.69, 9.17) is 17.3 Å². The van der Waals surface area contributed by atoms with Crippen LogP contribution in [0.4, 0.5) is 8.78 Å². The molecule has 0 bridgehead atoms. The van der Waals surface area contributed by atoms with E-state index in [0.717, 1.165) is 11.1 Å². The predicted molar refractivity (Wildman–Crippen MR) is 71.1 cm³/mol. The largest absolute Gasteiger partial charge is 0.318 e. The summed E-state index contributed by atoms with van der Waals surface area (Å²) in [5.41, 5.74) is 7.83. The normalized spacial score (nSPS) is 21.5. The summed E-state index contributed by atoms with van der Waals surface area (Å²) in [4.78, 5) is 0. The van der Waals surface area contributed by atoms with Crippen molar-refractivity contribution < 1.29 is 8.78 Å². The summed E-state index contributed by atoms with van der Waals surface area (Å²) in [5, 5.41) is 0.432. The zero-order valence-corrected chi connectivity index (χ0v) is 10.8. The van der Waals surface area contributed by atoms with Gasteiger partial charge in [-0.1, -0.05) is 17.7 Å². The van der Waals surface area contributed by atoms with Crippen LogP contribution in [-0.4, -0.2) is 0 Å². The fourth-order valence-corrected chi connectivity index (χ4v) is 3.08. The Kier molecular flexibility index (Phi) is 2.84. The molecule has 3 rings (SSSR count). The lowest BCUT2D eigenvalue weighted by molar-refractivity contribution is 0.527. The summed E-state index contributed by atoms with van der Waals surface area (Å²) in [6, 6.07) is 8.69. The first kappa shape index (κ1) is 12.6. The molecule has 0 heterocycles. The first-order chi connectivity index (χ1) is 9.00. The summed E-state index contributed by atoms with van der Waals surface area (Å²) < 4.78 is 26.7. The quantitative estimate of drug-likeness (QED) is 0.845. The van der Waals surface area contributed by atoms with E-state index < -0.39 is 5.54 Å². The van der Waals surface area contributed by atoms with Crippen molar-refractivity contribution in [3.63, 3.8) is 0 Å². The third-order valence-electron chi connectivity index (χ3n) is 3.75. The zero-order chi connectivity index (χ0) is 13.6. The number of aryl methyl sites for hydroxylation is 1. The standard InChI is InChI=1S/C15H12ClF2N/c16-14-4-2-11(18)8-13(14)15(19)6-5-9-7-10(17)1-3-12(9)15/h1-4,7-8H,5-6,19H2. The summed E-state index contributed by atoms with van der Waals surface area (Å²) in [6.07, 6.45) is 1.26. The van der Waals surface area contributed by atoms with Crippen molar-refractivity contribution in [2.24, 2.45) is 5.73 Å². The Morgan fingerprint density at radius 3 is 2.47 bits per heavy atom.